The molecule has 0 fully saturated rings. The smallest absolute Gasteiger partial charge is 0.550 e. The average molecular weight is 268 g/mol. The predicted octanol–water partition coefficient (Wildman–Crippen LogP) is -4.03. The molecule has 0 saturated carbocycles. The molecule has 0 aromatic carbocycles. The summed E-state index contributed by atoms with van der Waals surface area (Å²) in [7, 11) is 0. The van der Waals surface area contributed by atoms with Crippen molar-refractivity contribution in [2.75, 3.05) is 0 Å². The van der Waals surface area contributed by atoms with Crippen molar-refractivity contribution in [3.05, 3.63) is 0 Å². The average Bonchev–Trinajstić information content (AvgIpc) is 1.82. The molecular formula is C5H10BrMgNO5. The van der Waals surface area contributed by atoms with Crippen molar-refractivity contribution in [1.29, 1.82) is 0 Å². The first kappa shape index (κ1) is 23.2. The Morgan fingerprint density at radius 3 is 1.92 bits per heavy atom. The molecule has 0 aromatic heterocycles. The van der Waals surface area contributed by atoms with E-state index in [1.807, 2.05) is 0 Å². The summed E-state index contributed by atoms with van der Waals surface area (Å²) >= 11 is 0. The van der Waals surface area contributed by atoms with E-state index in [1.165, 1.54) is 0 Å². The second kappa shape index (κ2) is 12.1. The van der Waals surface area contributed by atoms with Gasteiger partial charge < -0.3 is 31.0 Å². The van der Waals surface area contributed by atoms with E-state index >= 15 is 0 Å². The maximum absolute atomic E-state index is 9.86. The van der Waals surface area contributed by atoms with Gasteiger partial charge in [-0.1, -0.05) is 0 Å². The maximum Gasteiger partial charge on any atom is 2.00 e. The van der Waals surface area contributed by atoms with Gasteiger partial charge in [-0.3, -0.25) is 0 Å². The molecule has 4 N–H and O–H groups in total. The number of rotatable bonds is 4. The van der Waals surface area contributed by atoms with Crippen molar-refractivity contribution in [1.82, 2.24) is 0 Å². The van der Waals surface area contributed by atoms with Crippen LogP contribution in [0.2, 0.25) is 0 Å². The number of carboxylic acid groups (broad SMARTS) is 2. The molecule has 0 amide bonds. The van der Waals surface area contributed by atoms with E-state index in [9.17, 15) is 19.8 Å². The van der Waals surface area contributed by atoms with E-state index in [-0.39, 0.29) is 58.4 Å². The maximum atomic E-state index is 9.86. The summed E-state index contributed by atoms with van der Waals surface area (Å²) < 4.78 is 0. The number of carboxylic acids is 2. The zero-order chi connectivity index (χ0) is 8.15. The molecule has 0 rings (SSSR count). The first-order valence-corrected chi connectivity index (χ1v) is 2.70. The summed E-state index contributed by atoms with van der Waals surface area (Å²) in [6.07, 6.45) is -0.500. The number of aliphatic carboxylic acids is 2. The van der Waals surface area contributed by atoms with Gasteiger partial charge in [-0.2, -0.15) is 0 Å². The number of hydrogen-bond donors (Lipinski definition) is 1. The van der Waals surface area contributed by atoms with E-state index in [1.54, 1.807) is 0 Å². The van der Waals surface area contributed by atoms with Crippen molar-refractivity contribution in [2.45, 2.75) is 18.9 Å². The van der Waals surface area contributed by atoms with Crippen molar-refractivity contribution >= 4 is 52.0 Å². The van der Waals surface area contributed by atoms with E-state index < -0.39 is 18.0 Å². The molecule has 74 valence electrons. The zero-order valence-corrected chi connectivity index (χ0v) is 9.94. The summed E-state index contributed by atoms with van der Waals surface area (Å²) in [5.74, 6) is -2.75. The Morgan fingerprint density at radius 1 is 1.31 bits per heavy atom. The van der Waals surface area contributed by atoms with Gasteiger partial charge in [0.15, 0.2) is 0 Å². The molecule has 0 unspecified atom stereocenters. The van der Waals surface area contributed by atoms with Crippen LogP contribution in [0, 0.1) is 0 Å². The van der Waals surface area contributed by atoms with Crippen molar-refractivity contribution in [3.63, 3.8) is 0 Å². The minimum atomic E-state index is -1.44. The molecule has 6 nitrogen and oxygen atoms in total. The standard InChI is InChI=1S/C5H9NO4.BrH.Mg.H2O/c6-3(5(9)10)1-2-4(7)8;;;/h3H,1-2,6H2,(H,7,8)(H,9,10);1H;;1H2/q;;+2;/p-2/t3-;;;/m0.../s1. The third kappa shape index (κ3) is 14.9. The molecule has 0 aliphatic carbocycles. The molecule has 0 bridgehead atoms. The first-order valence-electron chi connectivity index (χ1n) is 2.70. The van der Waals surface area contributed by atoms with Gasteiger partial charge >= 0.3 is 23.1 Å². The second-order valence-electron chi connectivity index (χ2n) is 1.84. The van der Waals surface area contributed by atoms with Crippen LogP contribution < -0.4 is 15.9 Å². The van der Waals surface area contributed by atoms with Gasteiger partial charge in [0.05, 0.1) is 5.97 Å². The molecular weight excluding hydrogens is 258 g/mol. The molecule has 0 heterocycles. The monoisotopic (exact) mass is 267 g/mol. The van der Waals surface area contributed by atoms with Gasteiger partial charge in [0.25, 0.3) is 0 Å². The fourth-order valence-electron chi connectivity index (χ4n) is 0.391. The van der Waals surface area contributed by atoms with E-state index in [0.717, 1.165) is 0 Å². The van der Waals surface area contributed by atoms with Gasteiger partial charge in [-0.05, 0) is 12.8 Å². The Kier molecular flexibility index (Phi) is 21.6. The molecule has 0 aromatic rings. The fraction of sp³-hybridized carbons (Fsp3) is 0.600. The van der Waals surface area contributed by atoms with Crippen LogP contribution in [-0.2, 0) is 9.59 Å². The van der Waals surface area contributed by atoms with Crippen LogP contribution in [-0.4, -0.2) is 46.5 Å². The fourth-order valence-corrected chi connectivity index (χ4v) is 0.391. The van der Waals surface area contributed by atoms with Gasteiger partial charge in [-0.25, -0.2) is 0 Å². The van der Waals surface area contributed by atoms with Crippen molar-refractivity contribution in [2.24, 2.45) is 5.73 Å². The molecule has 0 spiro atoms. The molecule has 1 atom stereocenters. The minimum Gasteiger partial charge on any atom is -0.550 e. The second-order valence-corrected chi connectivity index (χ2v) is 1.84. The van der Waals surface area contributed by atoms with Crippen LogP contribution in [0.1, 0.15) is 12.8 Å². The Hall–Kier alpha value is 0.106. The largest absolute Gasteiger partial charge is 2.00 e. The minimum absolute atomic E-state index is 0. The molecule has 0 aliphatic heterocycles. The third-order valence-corrected chi connectivity index (χ3v) is 0.962. The van der Waals surface area contributed by atoms with Crippen molar-refractivity contribution < 1.29 is 25.3 Å². The molecule has 0 aliphatic rings. The zero-order valence-electron chi connectivity index (χ0n) is 6.82. The van der Waals surface area contributed by atoms with Crippen LogP contribution in [0.25, 0.3) is 0 Å². The van der Waals surface area contributed by atoms with Gasteiger partial charge in [0, 0.05) is 12.0 Å². The van der Waals surface area contributed by atoms with E-state index in [4.69, 9.17) is 5.73 Å². The van der Waals surface area contributed by atoms with Crippen LogP contribution in [0.3, 0.4) is 0 Å². The molecule has 8 heteroatoms. The summed E-state index contributed by atoms with van der Waals surface area (Å²) in [6, 6.07) is -1.21. The number of hydrogen-bond acceptors (Lipinski definition) is 5. The molecule has 0 radical (unpaired) electrons. The van der Waals surface area contributed by atoms with Gasteiger partial charge in [0.1, 0.15) is 0 Å². The summed E-state index contributed by atoms with van der Waals surface area (Å²) in [5, 5.41) is 19.6. The van der Waals surface area contributed by atoms with Crippen LogP contribution in [0.4, 0.5) is 0 Å². The van der Waals surface area contributed by atoms with Crippen LogP contribution >= 0.6 is 17.0 Å². The predicted molar refractivity (Wildman–Crippen MR) is 46.9 cm³/mol. The Morgan fingerprint density at radius 2 is 1.69 bits per heavy atom. The Balaban J connectivity index is -0.000000135. The third-order valence-electron chi connectivity index (χ3n) is 0.962. The Bertz CT molecular complexity index is 156. The molecule has 0 saturated heterocycles. The molecule has 13 heavy (non-hydrogen) atoms. The summed E-state index contributed by atoms with van der Waals surface area (Å²) in [6.45, 7) is 0. The SMILES string of the molecule is Br.N[C@@H](CCC(=O)[O-])C(=O)[O-].O.[Mg+2]. The summed E-state index contributed by atoms with van der Waals surface area (Å²) in [5.41, 5.74) is 4.91. The number of halogens is 1. The number of nitrogens with two attached hydrogens (primary N) is 1. The first-order chi connectivity index (χ1) is 4.54. The topological polar surface area (TPSA) is 138 Å². The quantitative estimate of drug-likeness (QED) is 0.517. The van der Waals surface area contributed by atoms with E-state index in [2.05, 4.69) is 0 Å². The normalized spacial score (nSPS) is 9.62. The van der Waals surface area contributed by atoms with Crippen LogP contribution in [0.15, 0.2) is 0 Å². The number of carbonyl (C=O) groups excluding carboxylic acids is 2. The van der Waals surface area contributed by atoms with E-state index in [0.29, 0.717) is 0 Å². The summed E-state index contributed by atoms with van der Waals surface area (Å²) in [4.78, 5) is 19.6. The Labute approximate surface area is 102 Å². The number of carbonyl (C=O) groups is 2. The van der Waals surface area contributed by atoms with Crippen LogP contribution in [0.5, 0.6) is 0 Å². The van der Waals surface area contributed by atoms with Gasteiger partial charge in [-0.15, -0.1) is 17.0 Å². The van der Waals surface area contributed by atoms with Gasteiger partial charge in [0.2, 0.25) is 0 Å². The van der Waals surface area contributed by atoms with Crippen molar-refractivity contribution in [3.8, 4) is 0 Å².